The van der Waals surface area contributed by atoms with Crippen LogP contribution in [0.1, 0.15) is 27.7 Å². The van der Waals surface area contributed by atoms with Crippen molar-refractivity contribution in [3.05, 3.63) is 21.0 Å². The van der Waals surface area contributed by atoms with Crippen molar-refractivity contribution >= 4 is 0 Å². The molecular formula is C12H21N3O4. The highest BCUT2D eigenvalue weighted by Gasteiger charge is 2.65. The first-order valence-electron chi connectivity index (χ1n) is 6.12. The number of aromatic nitrogens is 3. The van der Waals surface area contributed by atoms with Gasteiger partial charge in [-0.25, -0.2) is 14.2 Å². The molecule has 108 valence electrons. The fourth-order valence-corrected chi connectivity index (χ4v) is 2.93. The smallest absolute Gasteiger partial charge is 0.349 e. The largest absolute Gasteiger partial charge is 0.356 e. The van der Waals surface area contributed by atoms with Gasteiger partial charge in [0.2, 0.25) is 0 Å². The molecule has 7 nitrogen and oxygen atoms in total. The maximum Gasteiger partial charge on any atom is 0.349 e. The zero-order chi connectivity index (χ0) is 14.8. The second kappa shape index (κ2) is 3.61. The van der Waals surface area contributed by atoms with Gasteiger partial charge in [0.15, 0.2) is 11.4 Å². The van der Waals surface area contributed by atoms with E-state index in [2.05, 4.69) is 0 Å². The van der Waals surface area contributed by atoms with E-state index in [-0.39, 0.29) is 0 Å². The van der Waals surface area contributed by atoms with E-state index >= 15 is 0 Å². The van der Waals surface area contributed by atoms with Crippen LogP contribution in [-0.4, -0.2) is 28.2 Å². The average Bonchev–Trinajstić information content (AvgIpc) is 2.68. The monoisotopic (exact) mass is 271 g/mol. The second-order valence-electron chi connectivity index (χ2n) is 5.75. The lowest BCUT2D eigenvalue weighted by molar-refractivity contribution is -0.213. The highest BCUT2D eigenvalue weighted by molar-refractivity contribution is 5.06. The molecule has 1 aromatic rings. The van der Waals surface area contributed by atoms with Crippen LogP contribution in [0.2, 0.25) is 0 Å². The van der Waals surface area contributed by atoms with Crippen molar-refractivity contribution < 1.29 is 9.47 Å². The molecule has 0 saturated carbocycles. The molecular weight excluding hydrogens is 250 g/mol. The second-order valence-corrected chi connectivity index (χ2v) is 5.75. The summed E-state index contributed by atoms with van der Waals surface area (Å²) in [5, 5.41) is 0. The van der Waals surface area contributed by atoms with Gasteiger partial charge in [-0.05, 0) is 13.8 Å². The summed E-state index contributed by atoms with van der Waals surface area (Å²) in [5.74, 6) is 0. The van der Waals surface area contributed by atoms with Gasteiger partial charge in [0.05, 0.1) is 5.41 Å². The zero-order valence-electron chi connectivity index (χ0n) is 12.5. The van der Waals surface area contributed by atoms with Gasteiger partial charge in [-0.15, -0.1) is 0 Å². The van der Waals surface area contributed by atoms with E-state index in [1.165, 1.54) is 30.6 Å². The van der Waals surface area contributed by atoms with Gasteiger partial charge in [0.25, 0.3) is 0 Å². The highest BCUT2D eigenvalue weighted by atomic mass is 16.5. The summed E-state index contributed by atoms with van der Waals surface area (Å²) in [4.78, 5) is 24.6. The third-order valence-corrected chi connectivity index (χ3v) is 5.06. The van der Waals surface area contributed by atoms with Crippen molar-refractivity contribution in [1.29, 1.82) is 0 Å². The number of ether oxygens (including phenoxy) is 2. The number of nitrogens with zero attached hydrogens (tertiary/aromatic N) is 3. The molecule has 0 amide bonds. The minimum Gasteiger partial charge on any atom is -0.356 e. The van der Waals surface area contributed by atoms with E-state index in [9.17, 15) is 9.59 Å². The fraction of sp³-hybridized carbons (Fsp3) is 0.833. The lowest BCUT2D eigenvalue weighted by Gasteiger charge is -2.43. The molecule has 0 radical (unpaired) electrons. The number of hydrogen-bond donors (Lipinski definition) is 0. The van der Waals surface area contributed by atoms with E-state index in [1.54, 1.807) is 13.8 Å². The summed E-state index contributed by atoms with van der Waals surface area (Å²) in [7, 11) is 4.50. The first-order valence-corrected chi connectivity index (χ1v) is 6.12. The number of methoxy groups -OCH3 is 2. The molecule has 2 heterocycles. The number of fused-ring (bicyclic) bond motifs is 1. The predicted octanol–water partition coefficient (Wildman–Crippen LogP) is 0.0265. The molecule has 0 fully saturated rings. The van der Waals surface area contributed by atoms with Gasteiger partial charge >= 0.3 is 11.4 Å². The maximum absolute atomic E-state index is 12.3. The van der Waals surface area contributed by atoms with Gasteiger partial charge in [0.1, 0.15) is 0 Å². The van der Waals surface area contributed by atoms with Gasteiger partial charge in [-0.3, -0.25) is 0 Å². The molecule has 1 aliphatic rings. The van der Waals surface area contributed by atoms with E-state index in [4.69, 9.17) is 9.47 Å². The normalized spacial score (nSPS) is 32.6. The first-order chi connectivity index (χ1) is 8.60. The Morgan fingerprint density at radius 2 is 1.16 bits per heavy atom. The summed E-state index contributed by atoms with van der Waals surface area (Å²) in [5.41, 5.74) is -3.40. The quantitative estimate of drug-likeness (QED) is 0.761. The van der Waals surface area contributed by atoms with Crippen molar-refractivity contribution in [2.45, 2.75) is 39.1 Å². The van der Waals surface area contributed by atoms with Crippen molar-refractivity contribution in [2.75, 3.05) is 14.2 Å². The predicted molar refractivity (Wildman–Crippen MR) is 69.0 cm³/mol. The molecule has 19 heavy (non-hydrogen) atoms. The Morgan fingerprint density at radius 3 is 1.42 bits per heavy atom. The SMILES string of the molecule is CO[C@]1(C)n2c(=O)n(C)c(=O)n2[C@@](C)(OC)C1(C)C. The molecule has 2 rings (SSSR count). The van der Waals surface area contributed by atoms with E-state index in [0.29, 0.717) is 0 Å². The zero-order valence-corrected chi connectivity index (χ0v) is 12.5. The van der Waals surface area contributed by atoms with Gasteiger partial charge in [0, 0.05) is 21.3 Å². The Morgan fingerprint density at radius 1 is 0.842 bits per heavy atom. The molecule has 7 heteroatoms. The molecule has 0 saturated heterocycles. The molecule has 0 spiro atoms. The Labute approximate surface area is 111 Å². The topological polar surface area (TPSA) is 67.4 Å². The third kappa shape index (κ3) is 1.20. The molecule has 0 aromatic carbocycles. The molecule has 0 aliphatic carbocycles. The van der Waals surface area contributed by atoms with Crippen molar-refractivity contribution in [3.8, 4) is 0 Å². The maximum atomic E-state index is 12.3. The standard InChI is InChI=1S/C12H21N3O4/c1-10(2)11(3,18-6)14-8(16)13(5)9(17)15(14)12(10,4)19-7/h1-7H3/t11-,12-/m0/s1. The highest BCUT2D eigenvalue weighted by Crippen LogP contribution is 2.53. The molecule has 2 atom stereocenters. The van der Waals surface area contributed by atoms with Crippen LogP contribution in [0.25, 0.3) is 0 Å². The minimum absolute atomic E-state index is 0.414. The molecule has 0 bridgehead atoms. The Kier molecular flexibility index (Phi) is 2.67. The lowest BCUT2D eigenvalue weighted by atomic mass is 9.74. The average molecular weight is 271 g/mol. The molecule has 0 unspecified atom stereocenters. The van der Waals surface area contributed by atoms with Gasteiger partial charge < -0.3 is 9.47 Å². The number of hydrogen-bond acceptors (Lipinski definition) is 4. The summed E-state index contributed by atoms with van der Waals surface area (Å²) < 4.78 is 14.9. The van der Waals surface area contributed by atoms with E-state index in [1.807, 2.05) is 13.8 Å². The summed E-state index contributed by atoms with van der Waals surface area (Å²) in [6.45, 7) is 7.40. The number of rotatable bonds is 2. The van der Waals surface area contributed by atoms with Crippen molar-refractivity contribution in [1.82, 2.24) is 13.9 Å². The molecule has 1 aliphatic heterocycles. The summed E-state index contributed by atoms with van der Waals surface area (Å²) in [6, 6.07) is 0. The summed E-state index contributed by atoms with van der Waals surface area (Å²) in [6.07, 6.45) is 0. The van der Waals surface area contributed by atoms with Crippen molar-refractivity contribution in [2.24, 2.45) is 12.5 Å². The van der Waals surface area contributed by atoms with Crippen LogP contribution in [0.15, 0.2) is 9.59 Å². The van der Waals surface area contributed by atoms with Crippen LogP contribution in [0.4, 0.5) is 0 Å². The lowest BCUT2D eigenvalue weighted by Crippen LogP contribution is -2.53. The van der Waals surface area contributed by atoms with Crippen LogP contribution >= 0.6 is 0 Å². The van der Waals surface area contributed by atoms with Crippen molar-refractivity contribution in [3.63, 3.8) is 0 Å². The Bertz CT molecular complexity index is 587. The van der Waals surface area contributed by atoms with E-state index in [0.717, 1.165) is 4.57 Å². The van der Waals surface area contributed by atoms with Gasteiger partial charge in [-0.2, -0.15) is 9.36 Å². The van der Waals surface area contributed by atoms with Gasteiger partial charge in [-0.1, -0.05) is 13.8 Å². The Balaban J connectivity index is 3.01. The summed E-state index contributed by atoms with van der Waals surface area (Å²) >= 11 is 0. The van der Waals surface area contributed by atoms with Crippen LogP contribution in [0.3, 0.4) is 0 Å². The van der Waals surface area contributed by atoms with Crippen LogP contribution in [0.5, 0.6) is 0 Å². The Hall–Kier alpha value is -1.34. The van der Waals surface area contributed by atoms with Crippen LogP contribution in [-0.2, 0) is 28.0 Å². The molecule has 1 aromatic heterocycles. The minimum atomic E-state index is -0.977. The first kappa shape index (κ1) is 14.1. The van der Waals surface area contributed by atoms with Crippen LogP contribution in [0, 0.1) is 5.41 Å². The fourth-order valence-electron chi connectivity index (χ4n) is 2.93. The van der Waals surface area contributed by atoms with Crippen LogP contribution < -0.4 is 11.4 Å². The third-order valence-electron chi connectivity index (χ3n) is 5.06. The van der Waals surface area contributed by atoms with E-state index < -0.39 is 28.2 Å². The molecule has 0 N–H and O–H groups in total.